The van der Waals surface area contributed by atoms with Crippen LogP contribution in [0.1, 0.15) is 62.0 Å². The molecule has 0 bridgehead atoms. The van der Waals surface area contributed by atoms with Gasteiger partial charge in [-0.15, -0.1) is 0 Å². The molecular weight excluding hydrogens is 339 g/mol. The van der Waals surface area contributed by atoms with Crippen LogP contribution in [0.15, 0.2) is 24.5 Å². The molecule has 4 nitrogen and oxygen atoms in total. The summed E-state index contributed by atoms with van der Waals surface area (Å²) in [4.78, 5) is 10.9. The van der Waals surface area contributed by atoms with Crippen molar-refractivity contribution in [1.82, 2.24) is 14.9 Å². The number of nitrogen functional groups attached to an aromatic ring is 1. The molecule has 2 aromatic rings. The van der Waals surface area contributed by atoms with E-state index in [1.165, 1.54) is 57.0 Å². The van der Waals surface area contributed by atoms with Crippen LogP contribution >= 0.6 is 0 Å². The standard InChI is InChI=1S/C22H29FN4/c23-22-18(8-1-2-11-27-12-3-4-13-27)17(16-6-5-7-16)9-10-19(22)20-14-26-21(24)15-25-20/h9-10,14-16H,1-8,11-13H2,(H2,24,26). The van der Waals surface area contributed by atoms with E-state index in [0.29, 0.717) is 23.0 Å². The van der Waals surface area contributed by atoms with Crippen LogP contribution in [-0.2, 0) is 6.42 Å². The van der Waals surface area contributed by atoms with Gasteiger partial charge in [0.1, 0.15) is 11.6 Å². The first-order valence-corrected chi connectivity index (χ1v) is 10.3. The maximum Gasteiger partial charge on any atom is 0.141 e. The molecule has 2 heterocycles. The number of rotatable bonds is 7. The number of unbranched alkanes of at least 4 members (excludes halogenated alkanes) is 1. The van der Waals surface area contributed by atoms with Crippen LogP contribution in [0.3, 0.4) is 0 Å². The SMILES string of the molecule is Nc1cnc(-c2ccc(C3CCC3)c(CCCCN3CCCC3)c2F)cn1. The molecule has 144 valence electrons. The van der Waals surface area contributed by atoms with Gasteiger partial charge in [0.15, 0.2) is 0 Å². The number of halogens is 1. The summed E-state index contributed by atoms with van der Waals surface area (Å²) in [5, 5.41) is 0. The van der Waals surface area contributed by atoms with Gasteiger partial charge in [0.05, 0.1) is 18.1 Å². The van der Waals surface area contributed by atoms with Gasteiger partial charge < -0.3 is 10.6 Å². The van der Waals surface area contributed by atoms with Crippen molar-refractivity contribution in [3.8, 4) is 11.3 Å². The van der Waals surface area contributed by atoms with Gasteiger partial charge in [-0.3, -0.25) is 4.98 Å². The summed E-state index contributed by atoms with van der Waals surface area (Å²) in [6, 6.07) is 3.99. The Hall–Kier alpha value is -2.01. The van der Waals surface area contributed by atoms with Crippen LogP contribution in [0.4, 0.5) is 10.2 Å². The van der Waals surface area contributed by atoms with Gasteiger partial charge in [0.25, 0.3) is 0 Å². The summed E-state index contributed by atoms with van der Waals surface area (Å²) in [7, 11) is 0. The zero-order chi connectivity index (χ0) is 18.6. The molecule has 1 saturated heterocycles. The molecule has 4 rings (SSSR count). The fourth-order valence-electron chi connectivity index (χ4n) is 4.31. The van der Waals surface area contributed by atoms with E-state index < -0.39 is 0 Å². The van der Waals surface area contributed by atoms with E-state index in [9.17, 15) is 0 Å². The fraction of sp³-hybridized carbons (Fsp3) is 0.545. The van der Waals surface area contributed by atoms with Crippen molar-refractivity contribution < 1.29 is 4.39 Å². The predicted molar refractivity (Wildman–Crippen MR) is 107 cm³/mol. The summed E-state index contributed by atoms with van der Waals surface area (Å²) in [5.41, 5.74) is 8.84. The molecule has 2 N–H and O–H groups in total. The van der Waals surface area contributed by atoms with E-state index in [1.807, 2.05) is 6.07 Å². The van der Waals surface area contributed by atoms with Crippen LogP contribution < -0.4 is 5.73 Å². The minimum atomic E-state index is -0.111. The summed E-state index contributed by atoms with van der Waals surface area (Å²) < 4.78 is 15.5. The minimum Gasteiger partial charge on any atom is -0.382 e. The maximum atomic E-state index is 15.5. The van der Waals surface area contributed by atoms with Crippen molar-refractivity contribution in [3.05, 3.63) is 41.5 Å². The van der Waals surface area contributed by atoms with Crippen molar-refractivity contribution in [3.63, 3.8) is 0 Å². The molecule has 0 atom stereocenters. The highest BCUT2D eigenvalue weighted by atomic mass is 19.1. The molecular formula is C22H29FN4. The largest absolute Gasteiger partial charge is 0.382 e. The number of anilines is 1. The van der Waals surface area contributed by atoms with Gasteiger partial charge in [-0.25, -0.2) is 9.37 Å². The number of nitrogens with two attached hydrogens (primary N) is 1. The molecule has 0 spiro atoms. The first kappa shape index (κ1) is 18.4. The average Bonchev–Trinajstić information content (AvgIpc) is 3.14. The Kier molecular flexibility index (Phi) is 5.67. The maximum absolute atomic E-state index is 15.5. The molecule has 2 aliphatic rings. The van der Waals surface area contributed by atoms with E-state index >= 15 is 4.39 Å². The second-order valence-electron chi connectivity index (χ2n) is 7.96. The van der Waals surface area contributed by atoms with Crippen LogP contribution in [0.2, 0.25) is 0 Å². The summed E-state index contributed by atoms with van der Waals surface area (Å²) in [5.74, 6) is 0.770. The zero-order valence-corrected chi connectivity index (χ0v) is 16.0. The third kappa shape index (κ3) is 4.13. The Balaban J connectivity index is 1.52. The highest BCUT2D eigenvalue weighted by Crippen LogP contribution is 2.40. The number of benzene rings is 1. The van der Waals surface area contributed by atoms with Gasteiger partial charge >= 0.3 is 0 Å². The highest BCUT2D eigenvalue weighted by Gasteiger charge is 2.25. The molecule has 1 aliphatic heterocycles. The van der Waals surface area contributed by atoms with Gasteiger partial charge in [-0.2, -0.15) is 0 Å². The molecule has 1 saturated carbocycles. The third-order valence-corrected chi connectivity index (χ3v) is 6.12. The number of nitrogens with zero attached hydrogens (tertiary/aromatic N) is 3. The Morgan fingerprint density at radius 1 is 1.04 bits per heavy atom. The van der Waals surface area contributed by atoms with Gasteiger partial charge in [-0.1, -0.05) is 12.5 Å². The second kappa shape index (κ2) is 8.34. The molecule has 5 heteroatoms. The number of hydrogen-bond acceptors (Lipinski definition) is 4. The van der Waals surface area contributed by atoms with Gasteiger partial charge in [0, 0.05) is 5.56 Å². The molecule has 0 radical (unpaired) electrons. The van der Waals surface area contributed by atoms with E-state index in [0.717, 1.165) is 31.4 Å². The number of likely N-dealkylation sites (tertiary alicyclic amines) is 1. The van der Waals surface area contributed by atoms with Crippen molar-refractivity contribution in [2.75, 3.05) is 25.4 Å². The zero-order valence-electron chi connectivity index (χ0n) is 16.0. The predicted octanol–water partition coefficient (Wildman–Crippen LogP) is 4.55. The lowest BCUT2D eigenvalue weighted by atomic mass is 9.77. The summed E-state index contributed by atoms with van der Waals surface area (Å²) >= 11 is 0. The van der Waals surface area contributed by atoms with Gasteiger partial charge in [-0.05, 0) is 87.7 Å². The summed E-state index contributed by atoms with van der Waals surface area (Å²) in [6.07, 6.45) is 12.3. The van der Waals surface area contributed by atoms with Crippen LogP contribution in [-0.4, -0.2) is 34.5 Å². The minimum absolute atomic E-state index is 0.111. The monoisotopic (exact) mass is 368 g/mol. The quantitative estimate of drug-likeness (QED) is 0.729. The topological polar surface area (TPSA) is 55.0 Å². The normalized spacial score (nSPS) is 18.0. The Labute approximate surface area is 161 Å². The molecule has 27 heavy (non-hydrogen) atoms. The van der Waals surface area contributed by atoms with Crippen molar-refractivity contribution in [1.29, 1.82) is 0 Å². The van der Waals surface area contributed by atoms with E-state index in [1.54, 1.807) is 6.20 Å². The molecule has 0 amide bonds. The molecule has 0 unspecified atom stereocenters. The van der Waals surface area contributed by atoms with E-state index in [4.69, 9.17) is 5.73 Å². The van der Waals surface area contributed by atoms with Crippen LogP contribution in [0, 0.1) is 5.82 Å². The first-order chi connectivity index (χ1) is 13.2. The highest BCUT2D eigenvalue weighted by molar-refractivity contribution is 5.62. The number of hydrogen-bond donors (Lipinski definition) is 1. The molecule has 2 fully saturated rings. The third-order valence-electron chi connectivity index (χ3n) is 6.12. The van der Waals surface area contributed by atoms with Crippen molar-refractivity contribution >= 4 is 5.82 Å². The van der Waals surface area contributed by atoms with E-state index in [-0.39, 0.29) is 5.82 Å². The van der Waals surface area contributed by atoms with Crippen LogP contribution in [0.5, 0.6) is 0 Å². The Morgan fingerprint density at radius 2 is 1.85 bits per heavy atom. The molecule has 1 aliphatic carbocycles. The number of aromatic nitrogens is 2. The lowest BCUT2D eigenvalue weighted by molar-refractivity contribution is 0.329. The average molecular weight is 369 g/mol. The second-order valence-corrected chi connectivity index (χ2v) is 7.96. The van der Waals surface area contributed by atoms with Gasteiger partial charge in [0.2, 0.25) is 0 Å². The van der Waals surface area contributed by atoms with Crippen LogP contribution in [0.25, 0.3) is 11.3 Å². The fourth-order valence-corrected chi connectivity index (χ4v) is 4.31. The van der Waals surface area contributed by atoms with Crippen molar-refractivity contribution in [2.24, 2.45) is 0 Å². The van der Waals surface area contributed by atoms with Crippen molar-refractivity contribution in [2.45, 2.75) is 57.3 Å². The smallest absolute Gasteiger partial charge is 0.141 e. The summed E-state index contributed by atoms with van der Waals surface area (Å²) in [6.45, 7) is 3.60. The first-order valence-electron chi connectivity index (χ1n) is 10.3. The van der Waals surface area contributed by atoms with E-state index in [2.05, 4.69) is 20.9 Å². The molecule has 1 aromatic heterocycles. The Morgan fingerprint density at radius 3 is 2.52 bits per heavy atom. The lowest BCUT2D eigenvalue weighted by Crippen LogP contribution is -2.20. The Bertz CT molecular complexity index is 765. The lowest BCUT2D eigenvalue weighted by Gasteiger charge is -2.29. The molecule has 1 aromatic carbocycles.